The molecule has 0 fully saturated rings. The minimum absolute atomic E-state index is 0.251. The van der Waals surface area contributed by atoms with Crippen molar-refractivity contribution in [3.05, 3.63) is 35.1 Å². The molecular formula is C11H13ClFN5O2S. The second-order valence-corrected chi connectivity index (χ2v) is 6.54. The normalized spacial score (nSPS) is 13.3. The standard InChI is InChI=1S/C11H13ClFN5O2S/c1-6(11-16-15-5-18(11)2)17-21(19,20)10-4-9(14)8(13)3-7(10)12/h3-6,17H,14H2,1-2H3. The van der Waals surface area contributed by atoms with Gasteiger partial charge in [0.15, 0.2) is 0 Å². The van der Waals surface area contributed by atoms with Crippen LogP contribution < -0.4 is 10.5 Å². The summed E-state index contributed by atoms with van der Waals surface area (Å²) in [6, 6.07) is 1.19. The molecule has 21 heavy (non-hydrogen) atoms. The molecule has 1 heterocycles. The molecular weight excluding hydrogens is 321 g/mol. The Morgan fingerprint density at radius 1 is 1.48 bits per heavy atom. The molecule has 0 saturated carbocycles. The van der Waals surface area contributed by atoms with Gasteiger partial charge in [-0.2, -0.15) is 0 Å². The third kappa shape index (κ3) is 3.14. The molecule has 10 heteroatoms. The molecule has 1 aromatic heterocycles. The van der Waals surface area contributed by atoms with Crippen LogP contribution in [0.1, 0.15) is 18.8 Å². The molecule has 7 nitrogen and oxygen atoms in total. The summed E-state index contributed by atoms with van der Waals surface area (Å²) in [5.74, 6) is -0.356. The average Bonchev–Trinajstić information content (AvgIpc) is 2.79. The van der Waals surface area contributed by atoms with Crippen molar-refractivity contribution >= 4 is 27.3 Å². The Bertz CT molecular complexity index is 777. The lowest BCUT2D eigenvalue weighted by molar-refractivity contribution is 0.553. The first-order chi connectivity index (χ1) is 9.72. The van der Waals surface area contributed by atoms with Crippen LogP contribution >= 0.6 is 11.6 Å². The average molecular weight is 334 g/mol. The first-order valence-electron chi connectivity index (χ1n) is 5.83. The maximum Gasteiger partial charge on any atom is 0.242 e. The molecule has 0 saturated heterocycles. The number of hydrogen-bond donors (Lipinski definition) is 2. The highest BCUT2D eigenvalue weighted by atomic mass is 35.5. The molecule has 3 N–H and O–H groups in total. The lowest BCUT2D eigenvalue weighted by Gasteiger charge is -2.14. The molecule has 0 amide bonds. The number of rotatable bonds is 4. The highest BCUT2D eigenvalue weighted by Gasteiger charge is 2.24. The summed E-state index contributed by atoms with van der Waals surface area (Å²) >= 11 is 5.78. The van der Waals surface area contributed by atoms with Crippen LogP contribution in [0.2, 0.25) is 5.02 Å². The summed E-state index contributed by atoms with van der Waals surface area (Å²) in [7, 11) is -2.30. The molecule has 0 spiro atoms. The maximum absolute atomic E-state index is 13.2. The Hall–Kier alpha value is -1.71. The minimum Gasteiger partial charge on any atom is -0.396 e. The van der Waals surface area contributed by atoms with E-state index in [1.54, 1.807) is 18.5 Å². The van der Waals surface area contributed by atoms with Crippen LogP contribution in [-0.2, 0) is 17.1 Å². The van der Waals surface area contributed by atoms with Gasteiger partial charge < -0.3 is 10.3 Å². The third-order valence-corrected chi connectivity index (χ3v) is 4.81. The number of hydrogen-bond acceptors (Lipinski definition) is 5. The Morgan fingerprint density at radius 3 is 2.71 bits per heavy atom. The van der Waals surface area contributed by atoms with E-state index in [4.69, 9.17) is 17.3 Å². The Morgan fingerprint density at radius 2 is 2.14 bits per heavy atom. The predicted octanol–water partition coefficient (Wildman–Crippen LogP) is 1.23. The smallest absolute Gasteiger partial charge is 0.242 e. The number of nitrogens with zero attached hydrogens (tertiary/aromatic N) is 3. The van der Waals surface area contributed by atoms with E-state index in [2.05, 4.69) is 14.9 Å². The topological polar surface area (TPSA) is 103 Å². The molecule has 0 radical (unpaired) electrons. The first-order valence-corrected chi connectivity index (χ1v) is 7.69. The van der Waals surface area contributed by atoms with E-state index in [1.807, 2.05) is 0 Å². The predicted molar refractivity (Wildman–Crippen MR) is 75.6 cm³/mol. The zero-order valence-electron chi connectivity index (χ0n) is 11.2. The molecule has 1 aromatic carbocycles. The number of nitrogens with one attached hydrogen (secondary N) is 1. The maximum atomic E-state index is 13.2. The molecule has 1 atom stereocenters. The van der Waals surface area contributed by atoms with Crippen molar-refractivity contribution in [1.82, 2.24) is 19.5 Å². The Labute approximate surface area is 126 Å². The SMILES string of the molecule is CC(NS(=O)(=O)c1cc(N)c(F)cc1Cl)c1nncn1C. The second-order valence-electron chi connectivity index (χ2n) is 4.45. The van der Waals surface area contributed by atoms with E-state index >= 15 is 0 Å². The number of halogens is 2. The van der Waals surface area contributed by atoms with Crippen LogP contribution in [0.4, 0.5) is 10.1 Å². The zero-order valence-corrected chi connectivity index (χ0v) is 12.8. The fourth-order valence-electron chi connectivity index (χ4n) is 1.78. The second kappa shape index (κ2) is 5.58. The molecule has 0 aliphatic rings. The lowest BCUT2D eigenvalue weighted by atomic mass is 10.3. The fraction of sp³-hybridized carbons (Fsp3) is 0.273. The lowest BCUT2D eigenvalue weighted by Crippen LogP contribution is -2.29. The van der Waals surface area contributed by atoms with Gasteiger partial charge in [0.1, 0.15) is 22.9 Å². The van der Waals surface area contributed by atoms with E-state index in [-0.39, 0.29) is 15.6 Å². The summed E-state index contributed by atoms with van der Waals surface area (Å²) in [6.45, 7) is 1.60. The van der Waals surface area contributed by atoms with Gasteiger partial charge in [-0.05, 0) is 19.1 Å². The molecule has 2 aromatic rings. The van der Waals surface area contributed by atoms with Crippen molar-refractivity contribution in [2.45, 2.75) is 17.9 Å². The van der Waals surface area contributed by atoms with Gasteiger partial charge in [0, 0.05) is 7.05 Å². The van der Waals surface area contributed by atoms with Crippen LogP contribution in [0.25, 0.3) is 0 Å². The minimum atomic E-state index is -3.98. The fourth-order valence-corrected chi connectivity index (χ4v) is 3.53. The molecule has 1 unspecified atom stereocenters. The monoisotopic (exact) mass is 333 g/mol. The molecule has 114 valence electrons. The van der Waals surface area contributed by atoms with Gasteiger partial charge in [0.2, 0.25) is 10.0 Å². The van der Waals surface area contributed by atoms with E-state index in [9.17, 15) is 12.8 Å². The van der Waals surface area contributed by atoms with Gasteiger partial charge in [0.25, 0.3) is 0 Å². The van der Waals surface area contributed by atoms with E-state index in [1.165, 1.54) is 6.33 Å². The Kier molecular flexibility index (Phi) is 4.17. The highest BCUT2D eigenvalue weighted by Crippen LogP contribution is 2.27. The number of benzene rings is 1. The molecule has 0 aliphatic carbocycles. The zero-order chi connectivity index (χ0) is 15.8. The quantitative estimate of drug-likeness (QED) is 0.819. The number of nitrogen functional groups attached to an aromatic ring is 1. The number of anilines is 1. The molecule has 0 aliphatic heterocycles. The van der Waals surface area contributed by atoms with E-state index < -0.39 is 21.9 Å². The summed E-state index contributed by atoms with van der Waals surface area (Å²) in [5.41, 5.74) is 5.08. The van der Waals surface area contributed by atoms with Crippen molar-refractivity contribution in [1.29, 1.82) is 0 Å². The van der Waals surface area contributed by atoms with Crippen molar-refractivity contribution < 1.29 is 12.8 Å². The van der Waals surface area contributed by atoms with Crippen LogP contribution in [0, 0.1) is 5.82 Å². The van der Waals surface area contributed by atoms with E-state index in [0.717, 1.165) is 12.1 Å². The van der Waals surface area contributed by atoms with Crippen LogP contribution in [-0.4, -0.2) is 23.2 Å². The Balaban J connectivity index is 2.35. The van der Waals surface area contributed by atoms with Crippen molar-refractivity contribution in [2.24, 2.45) is 7.05 Å². The van der Waals surface area contributed by atoms with Gasteiger partial charge in [-0.3, -0.25) is 0 Å². The van der Waals surface area contributed by atoms with Gasteiger partial charge in [-0.25, -0.2) is 17.5 Å². The summed E-state index contributed by atoms with van der Waals surface area (Å²) in [6.07, 6.45) is 1.45. The van der Waals surface area contributed by atoms with Gasteiger partial charge in [-0.15, -0.1) is 10.2 Å². The van der Waals surface area contributed by atoms with Crippen LogP contribution in [0.5, 0.6) is 0 Å². The van der Waals surface area contributed by atoms with Crippen molar-refractivity contribution in [3.8, 4) is 0 Å². The molecule has 2 rings (SSSR count). The van der Waals surface area contributed by atoms with Crippen LogP contribution in [0.15, 0.2) is 23.4 Å². The molecule has 0 bridgehead atoms. The number of aryl methyl sites for hydroxylation is 1. The van der Waals surface area contributed by atoms with Gasteiger partial charge in [-0.1, -0.05) is 11.6 Å². The summed E-state index contributed by atoms with van der Waals surface area (Å²) in [5, 5.41) is 7.24. The summed E-state index contributed by atoms with van der Waals surface area (Å²) < 4.78 is 41.8. The largest absolute Gasteiger partial charge is 0.396 e. The summed E-state index contributed by atoms with van der Waals surface area (Å²) in [4.78, 5) is -0.294. The van der Waals surface area contributed by atoms with Crippen LogP contribution in [0.3, 0.4) is 0 Å². The van der Waals surface area contributed by atoms with Crippen molar-refractivity contribution in [2.75, 3.05) is 5.73 Å². The highest BCUT2D eigenvalue weighted by molar-refractivity contribution is 7.89. The van der Waals surface area contributed by atoms with Gasteiger partial charge in [0.05, 0.1) is 16.8 Å². The number of aromatic nitrogens is 3. The third-order valence-electron chi connectivity index (χ3n) is 2.81. The van der Waals surface area contributed by atoms with Crippen molar-refractivity contribution in [3.63, 3.8) is 0 Å². The number of nitrogens with two attached hydrogens (primary N) is 1. The first kappa shape index (κ1) is 15.7. The van der Waals surface area contributed by atoms with Gasteiger partial charge >= 0.3 is 0 Å². The van der Waals surface area contributed by atoms with E-state index in [0.29, 0.717) is 5.82 Å². The number of sulfonamides is 1.